The second kappa shape index (κ2) is 3.95. The first-order valence-corrected chi connectivity index (χ1v) is 5.79. The monoisotopic (exact) mass is 264 g/mol. The van der Waals surface area contributed by atoms with Crippen molar-refractivity contribution in [2.45, 2.75) is 0 Å². The number of hydrogen-bond acceptors (Lipinski definition) is 5. The number of thiazole rings is 1. The van der Waals surface area contributed by atoms with Crippen LogP contribution in [0.4, 0.5) is 14.5 Å². The molecule has 0 saturated carbocycles. The third-order valence-electron chi connectivity index (χ3n) is 2.33. The van der Waals surface area contributed by atoms with E-state index in [1.54, 1.807) is 0 Å². The van der Waals surface area contributed by atoms with E-state index in [-0.39, 0.29) is 16.3 Å². The first kappa shape index (κ1) is 11.0. The van der Waals surface area contributed by atoms with Crippen LogP contribution in [0.25, 0.3) is 21.0 Å². The van der Waals surface area contributed by atoms with Crippen LogP contribution < -0.4 is 5.73 Å². The number of benzene rings is 1. The van der Waals surface area contributed by atoms with Crippen molar-refractivity contribution in [2.75, 3.05) is 5.73 Å². The van der Waals surface area contributed by atoms with E-state index in [1.807, 2.05) is 0 Å². The molecule has 0 bridgehead atoms. The quantitative estimate of drug-likeness (QED) is 0.686. The molecule has 7 heteroatoms. The van der Waals surface area contributed by atoms with Gasteiger partial charge in [0, 0.05) is 18.1 Å². The molecule has 0 aliphatic heterocycles. The van der Waals surface area contributed by atoms with Crippen LogP contribution in [0.1, 0.15) is 0 Å². The zero-order valence-corrected chi connectivity index (χ0v) is 9.71. The van der Waals surface area contributed by atoms with Crippen molar-refractivity contribution in [3.8, 4) is 10.6 Å². The molecule has 0 spiro atoms. The molecule has 3 rings (SSSR count). The number of halogens is 2. The van der Waals surface area contributed by atoms with Crippen molar-refractivity contribution >= 4 is 27.5 Å². The van der Waals surface area contributed by atoms with Gasteiger partial charge in [0.1, 0.15) is 16.6 Å². The van der Waals surface area contributed by atoms with Crippen LogP contribution in [0.15, 0.2) is 24.5 Å². The summed E-state index contributed by atoms with van der Waals surface area (Å²) in [5.41, 5.74) is 5.56. The smallest absolute Gasteiger partial charge is 0.190 e. The lowest BCUT2D eigenvalue weighted by molar-refractivity contribution is 0.590. The second-order valence-corrected chi connectivity index (χ2v) is 4.54. The van der Waals surface area contributed by atoms with Crippen molar-refractivity contribution in [3.05, 3.63) is 36.2 Å². The summed E-state index contributed by atoms with van der Waals surface area (Å²) in [4.78, 5) is 12.6. The maximum absolute atomic E-state index is 13.7. The Morgan fingerprint density at radius 3 is 2.39 bits per heavy atom. The molecule has 0 unspecified atom stereocenters. The van der Waals surface area contributed by atoms with E-state index in [0.29, 0.717) is 10.5 Å². The van der Waals surface area contributed by atoms with E-state index < -0.39 is 11.6 Å². The summed E-state index contributed by atoms with van der Waals surface area (Å²) < 4.78 is 27.5. The highest BCUT2D eigenvalue weighted by atomic mass is 32.1. The topological polar surface area (TPSA) is 64.7 Å². The molecule has 0 saturated heterocycles. The highest BCUT2D eigenvalue weighted by Crippen LogP contribution is 2.32. The Kier molecular flexibility index (Phi) is 2.41. The van der Waals surface area contributed by atoms with E-state index in [0.717, 1.165) is 23.5 Å². The molecule has 2 aromatic heterocycles. The Hall–Kier alpha value is -2.15. The lowest BCUT2D eigenvalue weighted by Gasteiger charge is -2.02. The number of rotatable bonds is 1. The maximum Gasteiger partial charge on any atom is 0.190 e. The van der Waals surface area contributed by atoms with Gasteiger partial charge in [-0.2, -0.15) is 0 Å². The van der Waals surface area contributed by atoms with Crippen LogP contribution in [-0.2, 0) is 0 Å². The van der Waals surface area contributed by atoms with Crippen LogP contribution >= 0.6 is 11.3 Å². The minimum atomic E-state index is -0.744. The van der Waals surface area contributed by atoms with Gasteiger partial charge in [-0.05, 0) is 12.1 Å². The minimum absolute atomic E-state index is 0.0334. The highest BCUT2D eigenvalue weighted by Gasteiger charge is 2.17. The van der Waals surface area contributed by atoms with Gasteiger partial charge in [-0.3, -0.25) is 0 Å². The Labute approximate surface area is 104 Å². The third kappa shape index (κ3) is 1.68. The summed E-state index contributed by atoms with van der Waals surface area (Å²) in [6, 6.07) is 2.12. The Balaban J connectivity index is 2.26. The average molecular weight is 264 g/mol. The summed E-state index contributed by atoms with van der Waals surface area (Å²) >= 11 is 1.08. The van der Waals surface area contributed by atoms with Gasteiger partial charge < -0.3 is 5.73 Å². The van der Waals surface area contributed by atoms with Crippen molar-refractivity contribution in [3.63, 3.8) is 0 Å². The van der Waals surface area contributed by atoms with E-state index in [4.69, 9.17) is 5.73 Å². The predicted octanol–water partition coefficient (Wildman–Crippen LogP) is 2.61. The predicted molar refractivity (Wildman–Crippen MR) is 65.0 cm³/mol. The SMILES string of the molecule is Nc1cc(F)c(-c2nc3nccnc3s2)c(F)c1. The molecule has 0 fully saturated rings. The summed E-state index contributed by atoms with van der Waals surface area (Å²) in [6.07, 6.45) is 2.97. The first-order valence-electron chi connectivity index (χ1n) is 4.97. The zero-order chi connectivity index (χ0) is 12.7. The van der Waals surface area contributed by atoms with Crippen LogP contribution in [0.2, 0.25) is 0 Å². The van der Waals surface area contributed by atoms with Crippen molar-refractivity contribution in [1.29, 1.82) is 0 Å². The summed E-state index contributed by atoms with van der Waals surface area (Å²) in [5, 5.41) is 0.200. The molecule has 0 aliphatic rings. The molecule has 1 aromatic carbocycles. The van der Waals surface area contributed by atoms with Gasteiger partial charge in [0.2, 0.25) is 0 Å². The number of nitrogens with two attached hydrogens (primary N) is 1. The number of aromatic nitrogens is 3. The largest absolute Gasteiger partial charge is 0.399 e. The van der Waals surface area contributed by atoms with Gasteiger partial charge in [0.15, 0.2) is 10.5 Å². The van der Waals surface area contributed by atoms with E-state index in [1.165, 1.54) is 12.4 Å². The molecule has 0 radical (unpaired) electrons. The Morgan fingerprint density at radius 2 is 1.72 bits per heavy atom. The van der Waals surface area contributed by atoms with Crippen LogP contribution in [0.3, 0.4) is 0 Å². The third-order valence-corrected chi connectivity index (χ3v) is 3.30. The standard InChI is InChI=1S/C11H6F2N4S/c12-6-3-5(14)4-7(13)8(6)10-17-9-11(18-10)16-2-1-15-9/h1-4H,14H2. The Morgan fingerprint density at radius 1 is 1.06 bits per heavy atom. The fraction of sp³-hybridized carbons (Fsp3) is 0. The van der Waals surface area contributed by atoms with Gasteiger partial charge in [-0.15, -0.1) is 0 Å². The number of nitrogens with zero attached hydrogens (tertiary/aromatic N) is 3. The van der Waals surface area contributed by atoms with Gasteiger partial charge in [-0.1, -0.05) is 11.3 Å². The molecular weight excluding hydrogens is 258 g/mol. The number of fused-ring (bicyclic) bond motifs is 1. The molecule has 0 aliphatic carbocycles. The van der Waals surface area contributed by atoms with Crippen LogP contribution in [0.5, 0.6) is 0 Å². The van der Waals surface area contributed by atoms with E-state index in [2.05, 4.69) is 15.0 Å². The molecule has 90 valence electrons. The highest BCUT2D eigenvalue weighted by molar-refractivity contribution is 7.21. The van der Waals surface area contributed by atoms with Crippen molar-refractivity contribution in [1.82, 2.24) is 15.0 Å². The molecule has 2 heterocycles. The molecular formula is C11H6F2N4S. The molecule has 0 amide bonds. The molecule has 0 atom stereocenters. The van der Waals surface area contributed by atoms with Crippen LogP contribution in [-0.4, -0.2) is 15.0 Å². The summed E-state index contributed by atoms with van der Waals surface area (Å²) in [5.74, 6) is -1.49. The number of nitrogen functional groups attached to an aromatic ring is 1. The van der Waals surface area contributed by atoms with Crippen LogP contribution in [0, 0.1) is 11.6 Å². The normalized spacial score (nSPS) is 11.0. The van der Waals surface area contributed by atoms with E-state index >= 15 is 0 Å². The van der Waals surface area contributed by atoms with Gasteiger partial charge in [-0.25, -0.2) is 23.7 Å². The zero-order valence-electron chi connectivity index (χ0n) is 8.89. The fourth-order valence-corrected chi connectivity index (χ4v) is 2.50. The summed E-state index contributed by atoms with van der Waals surface area (Å²) in [6.45, 7) is 0. The fourth-order valence-electron chi connectivity index (χ4n) is 1.58. The van der Waals surface area contributed by atoms with E-state index in [9.17, 15) is 8.78 Å². The lowest BCUT2D eigenvalue weighted by atomic mass is 10.2. The molecule has 18 heavy (non-hydrogen) atoms. The van der Waals surface area contributed by atoms with Crippen molar-refractivity contribution < 1.29 is 8.78 Å². The molecule has 3 aromatic rings. The number of hydrogen-bond donors (Lipinski definition) is 1. The summed E-state index contributed by atoms with van der Waals surface area (Å²) in [7, 11) is 0. The molecule has 4 nitrogen and oxygen atoms in total. The van der Waals surface area contributed by atoms with Crippen molar-refractivity contribution in [2.24, 2.45) is 0 Å². The average Bonchev–Trinajstić information content (AvgIpc) is 2.70. The minimum Gasteiger partial charge on any atom is -0.399 e. The first-order chi connectivity index (χ1) is 8.65. The lowest BCUT2D eigenvalue weighted by Crippen LogP contribution is -1.94. The number of anilines is 1. The van der Waals surface area contributed by atoms with Gasteiger partial charge in [0.25, 0.3) is 0 Å². The van der Waals surface area contributed by atoms with Gasteiger partial charge >= 0.3 is 0 Å². The Bertz CT molecular complexity index is 685. The van der Waals surface area contributed by atoms with Gasteiger partial charge in [0.05, 0.1) is 5.56 Å². The molecule has 2 N–H and O–H groups in total. The maximum atomic E-state index is 13.7. The second-order valence-electron chi connectivity index (χ2n) is 3.56.